The number of aliphatic hydroxyl groups is 1. The van der Waals surface area contributed by atoms with Crippen molar-refractivity contribution in [3.05, 3.63) is 112 Å². The van der Waals surface area contributed by atoms with Crippen molar-refractivity contribution in [3.63, 3.8) is 0 Å². The number of rotatable bonds is 9. The fourth-order valence-electron chi connectivity index (χ4n) is 4.69. The molecule has 13 heteroatoms. The van der Waals surface area contributed by atoms with Gasteiger partial charge in [-0.3, -0.25) is 4.57 Å². The van der Waals surface area contributed by atoms with Crippen LogP contribution in [0, 0.1) is 13.3 Å². The second-order valence-corrected chi connectivity index (χ2v) is 9.29. The minimum absolute atomic E-state index is 0. The Hall–Kier alpha value is -3.69. The monoisotopic (exact) mass is 608 g/mol. The number of nitrogens with one attached hydrogen (secondary N) is 1. The largest absolute Gasteiger partial charge is 1.00 e. The molecule has 0 unspecified atom stereocenters. The first kappa shape index (κ1) is 30.8. The Kier molecular flexibility index (Phi) is 9.51. The van der Waals surface area contributed by atoms with Crippen molar-refractivity contribution in [1.29, 1.82) is 0 Å². The van der Waals surface area contributed by atoms with E-state index in [0.717, 1.165) is 22.3 Å². The van der Waals surface area contributed by atoms with Crippen LogP contribution in [0.25, 0.3) is 22.2 Å². The molecule has 0 atom stereocenters. The quantitative estimate of drug-likeness (QED) is 0.143. The molecule has 0 saturated heterocycles. The molecule has 3 aromatic carbocycles. The van der Waals surface area contributed by atoms with Crippen molar-refractivity contribution in [2.45, 2.75) is 27.0 Å². The number of carbonyl (C=O) groups excluding carboxylic acids is 1. The molecule has 0 amide bonds. The van der Waals surface area contributed by atoms with Crippen LogP contribution >= 0.6 is 0 Å². The second kappa shape index (κ2) is 13.3. The third-order valence-corrected chi connectivity index (χ3v) is 6.63. The van der Waals surface area contributed by atoms with E-state index in [-0.39, 0.29) is 75.1 Å². The number of ether oxygens (including phenoxy) is 2. The molecule has 0 saturated carbocycles. The standard InChI is InChI=1S/C30H25N4O8.K/c1-3-38-28-31-23-10-6-9-22(27(35)39-16-24-17(2)40-30(37)41-24)25(23)34(28)15-18-11-13-19(14-12-18)20-7-4-5-8-21(20)26-32-29(36)42-33-26;/h4-14,36H,3,15-16H2,1-2H3,(H,32,33);/q-1;+1. The number of benzene rings is 3. The zero-order valence-electron chi connectivity index (χ0n) is 23.6. The summed E-state index contributed by atoms with van der Waals surface area (Å²) in [7, 11) is 0. The first-order valence-electron chi connectivity index (χ1n) is 13.1. The maximum atomic E-state index is 13.2. The van der Waals surface area contributed by atoms with Crippen LogP contribution in [0.15, 0.2) is 85.4 Å². The van der Waals surface area contributed by atoms with Gasteiger partial charge in [0.25, 0.3) is 6.01 Å². The molecule has 0 aliphatic carbocycles. The SMILES string of the molecule is CCOc1nc2cccc(C(=O)OCc3oc(=O)oc3C)c2n1Cc1ccc(-c2ccccc2C2=N[C-](O)ON2)cc1.[K+]. The van der Waals surface area contributed by atoms with Crippen molar-refractivity contribution >= 4 is 22.8 Å². The number of carbonyl (C=O) groups is 1. The summed E-state index contributed by atoms with van der Waals surface area (Å²) in [5, 5.41) is 9.54. The van der Waals surface area contributed by atoms with Gasteiger partial charge >= 0.3 is 63.2 Å². The zero-order valence-corrected chi connectivity index (χ0v) is 26.7. The number of amidine groups is 1. The topological polar surface area (TPSA) is 151 Å². The number of esters is 1. The number of imidazole rings is 1. The average Bonchev–Trinajstić information content (AvgIpc) is 3.68. The van der Waals surface area contributed by atoms with E-state index in [0.29, 0.717) is 36.0 Å². The van der Waals surface area contributed by atoms with Gasteiger partial charge in [-0.15, -0.1) is 0 Å². The van der Waals surface area contributed by atoms with E-state index < -0.39 is 18.2 Å². The van der Waals surface area contributed by atoms with Crippen LogP contribution in [0.5, 0.6) is 6.01 Å². The number of hydroxylamine groups is 1. The third-order valence-electron chi connectivity index (χ3n) is 6.63. The minimum atomic E-state index is -0.856. The Morgan fingerprint density at radius 1 is 1.05 bits per heavy atom. The van der Waals surface area contributed by atoms with Crippen LogP contribution < -0.4 is 67.4 Å². The van der Waals surface area contributed by atoms with Crippen LogP contribution in [0.2, 0.25) is 0 Å². The number of hydrogen-bond acceptors (Lipinski definition) is 11. The Labute approximate surface area is 287 Å². The average molecular weight is 609 g/mol. The molecule has 1 aliphatic heterocycles. The van der Waals surface area contributed by atoms with Gasteiger partial charge in [0.05, 0.1) is 29.7 Å². The van der Waals surface area contributed by atoms with Gasteiger partial charge < -0.3 is 38.7 Å². The number of fused-ring (bicyclic) bond motifs is 1. The van der Waals surface area contributed by atoms with E-state index >= 15 is 0 Å². The maximum absolute atomic E-state index is 13.2. The van der Waals surface area contributed by atoms with Gasteiger partial charge in [-0.1, -0.05) is 60.2 Å². The van der Waals surface area contributed by atoms with Gasteiger partial charge in [0.15, 0.2) is 18.1 Å². The molecule has 3 heterocycles. The summed E-state index contributed by atoms with van der Waals surface area (Å²) in [6.07, 6.45) is -0.445. The summed E-state index contributed by atoms with van der Waals surface area (Å²) in [5.74, 6) is -0.675. The van der Waals surface area contributed by atoms with Crippen LogP contribution in [0.1, 0.15) is 39.9 Å². The van der Waals surface area contributed by atoms with Crippen LogP contribution in [0.3, 0.4) is 0 Å². The molecule has 2 N–H and O–H groups in total. The van der Waals surface area contributed by atoms with Crippen LogP contribution in [0.4, 0.5) is 0 Å². The zero-order chi connectivity index (χ0) is 29.2. The van der Waals surface area contributed by atoms with E-state index in [2.05, 4.69) is 15.5 Å². The molecular formula is C30H25KN4O8. The van der Waals surface area contributed by atoms with Crippen molar-refractivity contribution in [2.75, 3.05) is 6.61 Å². The van der Waals surface area contributed by atoms with E-state index in [1.165, 1.54) is 0 Å². The van der Waals surface area contributed by atoms with Gasteiger partial charge in [-0.05, 0) is 42.7 Å². The van der Waals surface area contributed by atoms with E-state index in [1.54, 1.807) is 25.1 Å². The summed E-state index contributed by atoms with van der Waals surface area (Å²) in [4.78, 5) is 38.0. The third kappa shape index (κ3) is 6.48. The first-order chi connectivity index (χ1) is 20.4. The molecule has 1 aliphatic rings. The summed E-state index contributed by atoms with van der Waals surface area (Å²) < 4.78 is 22.9. The molecule has 0 radical (unpaired) electrons. The Balaban J connectivity index is 0.00000368. The smallest absolute Gasteiger partial charge is 0.465 e. The summed E-state index contributed by atoms with van der Waals surface area (Å²) in [6.45, 7) is 3.90. The minimum Gasteiger partial charge on any atom is -0.465 e. The second-order valence-electron chi connectivity index (χ2n) is 9.29. The van der Waals surface area contributed by atoms with Gasteiger partial charge in [-0.2, -0.15) is 4.98 Å². The molecule has 43 heavy (non-hydrogen) atoms. The summed E-state index contributed by atoms with van der Waals surface area (Å²) in [5.41, 5.74) is 7.54. The van der Waals surface area contributed by atoms with Crippen molar-refractivity contribution < 1.29 is 84.4 Å². The van der Waals surface area contributed by atoms with E-state index in [9.17, 15) is 14.7 Å². The van der Waals surface area contributed by atoms with E-state index in [1.807, 2.05) is 60.0 Å². The van der Waals surface area contributed by atoms with Crippen molar-refractivity contribution in [3.8, 4) is 17.1 Å². The van der Waals surface area contributed by atoms with Crippen molar-refractivity contribution in [1.82, 2.24) is 15.0 Å². The number of aryl methyl sites for hydroxylation is 1. The number of aromatic nitrogens is 2. The molecule has 2 aromatic heterocycles. The van der Waals surface area contributed by atoms with Crippen LogP contribution in [-0.4, -0.2) is 33.1 Å². The predicted octanol–water partition coefficient (Wildman–Crippen LogP) is 1.47. The van der Waals surface area contributed by atoms with Gasteiger partial charge in [0.2, 0.25) is 0 Å². The molecule has 5 aromatic rings. The van der Waals surface area contributed by atoms with E-state index in [4.69, 9.17) is 23.1 Å². The van der Waals surface area contributed by atoms with Gasteiger partial charge in [-0.25, -0.2) is 9.59 Å². The van der Waals surface area contributed by atoms with Crippen molar-refractivity contribution in [2.24, 2.45) is 4.99 Å². The number of aliphatic imine (C=N–C) groups is 1. The molecule has 0 spiro atoms. The normalized spacial score (nSPS) is 12.5. The molecule has 6 rings (SSSR count). The molecule has 0 fully saturated rings. The summed E-state index contributed by atoms with van der Waals surface area (Å²) in [6, 6.07) is 21.0. The van der Waals surface area contributed by atoms with Gasteiger partial charge in [0, 0.05) is 5.84 Å². The number of nitrogens with zero attached hydrogens (tertiary/aromatic N) is 3. The fourth-order valence-corrected chi connectivity index (χ4v) is 4.69. The molecule has 0 bridgehead atoms. The Morgan fingerprint density at radius 2 is 1.81 bits per heavy atom. The molecular weight excluding hydrogens is 583 g/mol. The fraction of sp³-hybridized carbons (Fsp3) is 0.167. The first-order valence-corrected chi connectivity index (χ1v) is 13.1. The predicted molar refractivity (Wildman–Crippen MR) is 149 cm³/mol. The van der Waals surface area contributed by atoms with Gasteiger partial charge in [0.1, 0.15) is 6.41 Å². The van der Waals surface area contributed by atoms with Crippen LogP contribution in [-0.2, 0) is 22.7 Å². The summed E-state index contributed by atoms with van der Waals surface area (Å²) >= 11 is 0. The number of hydrogen-bond donors (Lipinski definition) is 2. The maximum Gasteiger partial charge on any atom is 1.00 e. The number of para-hydroxylation sites is 1. The molecule has 12 nitrogen and oxygen atoms in total. The number of aliphatic hydroxyl groups excluding tert-OH is 1. The Bertz CT molecular complexity index is 1860. The Morgan fingerprint density at radius 3 is 2.49 bits per heavy atom. The molecule has 214 valence electrons.